The van der Waals surface area contributed by atoms with E-state index in [1.165, 1.54) is 10.6 Å². The molecule has 0 bridgehead atoms. The number of benzene rings is 1. The Hall–Kier alpha value is -2.11. The standard InChI is InChI=1S/C20H23ClN2O3/c21-16-8-6-15(7-9-16)20(10-2-3-11-20)19(26)22-13-17(24)14-23-12-4-1-5-18(23)25/h1,4-9,12,17,24H,2-3,10-11,13-14H2,(H,22,26)/t17-/m1/s1. The summed E-state index contributed by atoms with van der Waals surface area (Å²) in [6.45, 7) is 0.253. The van der Waals surface area contributed by atoms with Gasteiger partial charge in [0.05, 0.1) is 18.1 Å². The van der Waals surface area contributed by atoms with Crippen LogP contribution in [0.15, 0.2) is 53.5 Å². The number of halogens is 1. The molecule has 5 nitrogen and oxygen atoms in total. The molecular weight excluding hydrogens is 352 g/mol. The van der Waals surface area contributed by atoms with Crippen LogP contribution in [0, 0.1) is 0 Å². The summed E-state index contributed by atoms with van der Waals surface area (Å²) in [7, 11) is 0. The summed E-state index contributed by atoms with van der Waals surface area (Å²) in [6.07, 6.45) is 4.36. The van der Waals surface area contributed by atoms with Gasteiger partial charge in [0, 0.05) is 23.8 Å². The van der Waals surface area contributed by atoms with Crippen LogP contribution in [-0.4, -0.2) is 28.2 Å². The maximum absolute atomic E-state index is 13.0. The maximum Gasteiger partial charge on any atom is 0.250 e. The van der Waals surface area contributed by atoms with Crippen LogP contribution in [0.5, 0.6) is 0 Å². The topological polar surface area (TPSA) is 71.3 Å². The van der Waals surface area contributed by atoms with E-state index < -0.39 is 11.5 Å². The number of hydrogen-bond donors (Lipinski definition) is 2. The van der Waals surface area contributed by atoms with E-state index in [2.05, 4.69) is 5.32 Å². The fourth-order valence-corrected chi connectivity index (χ4v) is 3.80. The van der Waals surface area contributed by atoms with Gasteiger partial charge in [-0.3, -0.25) is 9.59 Å². The Kier molecular flexibility index (Phi) is 5.79. The van der Waals surface area contributed by atoms with E-state index in [1.54, 1.807) is 30.5 Å². The number of carbonyl (C=O) groups excluding carboxylic acids is 1. The van der Waals surface area contributed by atoms with Crippen LogP contribution >= 0.6 is 11.6 Å². The third-order valence-electron chi connectivity index (χ3n) is 5.09. The Morgan fingerprint density at radius 2 is 1.88 bits per heavy atom. The summed E-state index contributed by atoms with van der Waals surface area (Å²) in [4.78, 5) is 24.7. The largest absolute Gasteiger partial charge is 0.389 e. The third kappa shape index (κ3) is 4.00. The van der Waals surface area contributed by atoms with Gasteiger partial charge in [0.15, 0.2) is 0 Å². The number of rotatable bonds is 6. The minimum absolute atomic E-state index is 0.0724. The molecule has 1 amide bonds. The average molecular weight is 375 g/mol. The zero-order valence-electron chi connectivity index (χ0n) is 14.5. The number of aromatic nitrogens is 1. The molecule has 0 saturated heterocycles. The van der Waals surface area contributed by atoms with Crippen LogP contribution in [0.4, 0.5) is 0 Å². The average Bonchev–Trinajstić information content (AvgIpc) is 3.13. The number of aliphatic hydroxyl groups is 1. The van der Waals surface area contributed by atoms with Gasteiger partial charge in [-0.2, -0.15) is 0 Å². The van der Waals surface area contributed by atoms with Crippen molar-refractivity contribution in [2.45, 2.75) is 43.7 Å². The van der Waals surface area contributed by atoms with Crippen molar-refractivity contribution in [2.24, 2.45) is 0 Å². The monoisotopic (exact) mass is 374 g/mol. The van der Waals surface area contributed by atoms with Gasteiger partial charge >= 0.3 is 0 Å². The molecule has 1 fully saturated rings. The van der Waals surface area contributed by atoms with E-state index >= 15 is 0 Å². The van der Waals surface area contributed by atoms with Crippen molar-refractivity contribution in [1.82, 2.24) is 9.88 Å². The van der Waals surface area contributed by atoms with Crippen molar-refractivity contribution < 1.29 is 9.90 Å². The minimum atomic E-state index is -0.831. The van der Waals surface area contributed by atoms with Crippen LogP contribution < -0.4 is 10.9 Å². The molecule has 138 valence electrons. The summed E-state index contributed by atoms with van der Waals surface area (Å²) in [5.74, 6) is -0.0724. The molecular formula is C20H23ClN2O3. The Balaban J connectivity index is 1.66. The number of carbonyl (C=O) groups is 1. The number of hydrogen-bond acceptors (Lipinski definition) is 3. The summed E-state index contributed by atoms with van der Waals surface area (Å²) in [5.41, 5.74) is 0.227. The van der Waals surface area contributed by atoms with Gasteiger partial charge in [0.1, 0.15) is 0 Å². The molecule has 1 aliphatic rings. The summed E-state index contributed by atoms with van der Waals surface area (Å²) in [5, 5.41) is 13.7. The molecule has 1 heterocycles. The minimum Gasteiger partial charge on any atom is -0.389 e. The quantitative estimate of drug-likeness (QED) is 0.816. The fraction of sp³-hybridized carbons (Fsp3) is 0.400. The smallest absolute Gasteiger partial charge is 0.250 e. The highest BCUT2D eigenvalue weighted by molar-refractivity contribution is 6.30. The summed E-state index contributed by atoms with van der Waals surface area (Å²) < 4.78 is 1.43. The molecule has 0 unspecified atom stereocenters. The second-order valence-corrected chi connectivity index (χ2v) is 7.29. The Morgan fingerprint density at radius 1 is 1.19 bits per heavy atom. The van der Waals surface area contributed by atoms with Crippen LogP contribution in [0.3, 0.4) is 0 Å². The molecule has 1 aromatic carbocycles. The van der Waals surface area contributed by atoms with Crippen molar-refractivity contribution in [2.75, 3.05) is 6.54 Å². The first-order valence-electron chi connectivity index (χ1n) is 8.89. The molecule has 6 heteroatoms. The van der Waals surface area contributed by atoms with Crippen LogP contribution in [0.2, 0.25) is 5.02 Å². The number of aliphatic hydroxyl groups excluding tert-OH is 1. The Bertz CT molecular complexity index is 810. The molecule has 26 heavy (non-hydrogen) atoms. The van der Waals surface area contributed by atoms with Gasteiger partial charge < -0.3 is 15.0 Å². The molecule has 3 rings (SSSR count). The zero-order valence-corrected chi connectivity index (χ0v) is 15.3. The van der Waals surface area contributed by atoms with Crippen LogP contribution in [0.1, 0.15) is 31.2 Å². The van der Waals surface area contributed by atoms with Crippen molar-refractivity contribution in [3.05, 3.63) is 69.6 Å². The van der Waals surface area contributed by atoms with Crippen molar-refractivity contribution >= 4 is 17.5 Å². The van der Waals surface area contributed by atoms with Crippen LogP contribution in [-0.2, 0) is 16.8 Å². The van der Waals surface area contributed by atoms with E-state index in [-0.39, 0.29) is 24.6 Å². The first kappa shape index (κ1) is 18.7. The van der Waals surface area contributed by atoms with Crippen LogP contribution in [0.25, 0.3) is 0 Å². The van der Waals surface area contributed by atoms with Gasteiger partial charge in [-0.05, 0) is 36.6 Å². The van der Waals surface area contributed by atoms with Gasteiger partial charge in [-0.15, -0.1) is 0 Å². The van der Waals surface area contributed by atoms with E-state index in [0.717, 1.165) is 31.2 Å². The highest BCUT2D eigenvalue weighted by atomic mass is 35.5. The lowest BCUT2D eigenvalue weighted by Gasteiger charge is -2.29. The Morgan fingerprint density at radius 3 is 2.54 bits per heavy atom. The van der Waals surface area contributed by atoms with E-state index in [4.69, 9.17) is 11.6 Å². The fourth-order valence-electron chi connectivity index (χ4n) is 3.68. The molecule has 1 aromatic heterocycles. The lowest BCUT2D eigenvalue weighted by molar-refractivity contribution is -0.127. The molecule has 0 aliphatic heterocycles. The lowest BCUT2D eigenvalue weighted by Crippen LogP contribution is -2.46. The lowest BCUT2D eigenvalue weighted by atomic mass is 9.78. The number of amides is 1. The molecule has 0 radical (unpaired) electrons. The molecule has 2 aromatic rings. The molecule has 1 saturated carbocycles. The first-order chi connectivity index (χ1) is 12.5. The second-order valence-electron chi connectivity index (χ2n) is 6.85. The Labute approximate surface area is 157 Å². The van der Waals surface area contributed by atoms with Crippen molar-refractivity contribution in [3.8, 4) is 0 Å². The number of pyridine rings is 1. The summed E-state index contributed by atoms with van der Waals surface area (Å²) >= 11 is 5.97. The van der Waals surface area contributed by atoms with Gasteiger partial charge in [-0.25, -0.2) is 0 Å². The molecule has 2 N–H and O–H groups in total. The van der Waals surface area contributed by atoms with Gasteiger partial charge in [-0.1, -0.05) is 42.6 Å². The summed E-state index contributed by atoms with van der Waals surface area (Å²) in [6, 6.07) is 12.3. The SMILES string of the molecule is O=C(NC[C@@H](O)Cn1ccccc1=O)C1(c2ccc(Cl)cc2)CCCC1. The highest BCUT2D eigenvalue weighted by Crippen LogP contribution is 2.41. The maximum atomic E-state index is 13.0. The predicted molar refractivity (Wildman–Crippen MR) is 101 cm³/mol. The molecule has 1 atom stereocenters. The predicted octanol–water partition coefficient (Wildman–Crippen LogP) is 2.49. The third-order valence-corrected chi connectivity index (χ3v) is 5.35. The molecule has 1 aliphatic carbocycles. The van der Waals surface area contributed by atoms with Crippen molar-refractivity contribution in [3.63, 3.8) is 0 Å². The number of nitrogens with zero attached hydrogens (tertiary/aromatic N) is 1. The van der Waals surface area contributed by atoms with E-state index in [1.807, 2.05) is 12.1 Å². The van der Waals surface area contributed by atoms with E-state index in [0.29, 0.717) is 5.02 Å². The van der Waals surface area contributed by atoms with Gasteiger partial charge in [0.25, 0.3) is 5.56 Å². The highest BCUT2D eigenvalue weighted by Gasteiger charge is 2.42. The second kappa shape index (κ2) is 8.06. The van der Waals surface area contributed by atoms with E-state index in [9.17, 15) is 14.7 Å². The number of nitrogens with one attached hydrogen (secondary N) is 1. The first-order valence-corrected chi connectivity index (χ1v) is 9.27. The zero-order chi connectivity index (χ0) is 18.6. The normalized spacial score (nSPS) is 17.0. The molecule has 0 spiro atoms. The van der Waals surface area contributed by atoms with Gasteiger partial charge in [0.2, 0.25) is 5.91 Å². The van der Waals surface area contributed by atoms with Crippen molar-refractivity contribution in [1.29, 1.82) is 0 Å².